The third-order valence-electron chi connectivity index (χ3n) is 2.66. The summed E-state index contributed by atoms with van der Waals surface area (Å²) in [5.41, 5.74) is 2.78. The second-order valence-corrected chi connectivity index (χ2v) is 3.79. The molecule has 0 spiro atoms. The van der Waals surface area contributed by atoms with Gasteiger partial charge in [0.1, 0.15) is 6.10 Å². The fraction of sp³-hybridized carbons (Fsp3) is 0.500. The highest BCUT2D eigenvalue weighted by Gasteiger charge is 2.15. The smallest absolute Gasteiger partial charge is 0.138 e. The fourth-order valence-electron chi connectivity index (χ4n) is 1.88. The maximum Gasteiger partial charge on any atom is 0.138 e. The van der Waals surface area contributed by atoms with E-state index in [2.05, 4.69) is 19.1 Å². The summed E-state index contributed by atoms with van der Waals surface area (Å²) in [7, 11) is 0. The van der Waals surface area contributed by atoms with Gasteiger partial charge in [0.05, 0.1) is 6.26 Å². The van der Waals surface area contributed by atoms with Crippen LogP contribution in [0.25, 0.3) is 0 Å². The Bertz CT molecular complexity index is 271. The Kier molecular flexibility index (Phi) is 2.53. The molecule has 2 aliphatic rings. The van der Waals surface area contributed by atoms with Gasteiger partial charge in [-0.1, -0.05) is 6.08 Å². The zero-order valence-corrected chi connectivity index (χ0v) is 8.12. The summed E-state index contributed by atoms with van der Waals surface area (Å²) in [6, 6.07) is 0. The van der Waals surface area contributed by atoms with Crippen LogP contribution in [-0.2, 0) is 4.74 Å². The van der Waals surface area contributed by atoms with Crippen molar-refractivity contribution in [1.29, 1.82) is 0 Å². The van der Waals surface area contributed by atoms with Crippen molar-refractivity contribution in [3.05, 3.63) is 35.6 Å². The van der Waals surface area contributed by atoms with Crippen LogP contribution >= 0.6 is 0 Å². The van der Waals surface area contributed by atoms with E-state index in [0.717, 1.165) is 0 Å². The van der Waals surface area contributed by atoms with Gasteiger partial charge >= 0.3 is 0 Å². The fourth-order valence-corrected chi connectivity index (χ4v) is 1.88. The van der Waals surface area contributed by atoms with E-state index >= 15 is 0 Å². The Balaban J connectivity index is 2.08. The Morgan fingerprint density at radius 3 is 3.00 bits per heavy atom. The molecule has 0 aromatic heterocycles. The van der Waals surface area contributed by atoms with Crippen LogP contribution in [-0.4, -0.2) is 6.10 Å². The maximum atomic E-state index is 5.56. The molecule has 2 rings (SSSR count). The average molecular weight is 176 g/mol. The van der Waals surface area contributed by atoms with Crippen molar-refractivity contribution in [2.24, 2.45) is 0 Å². The van der Waals surface area contributed by atoms with E-state index in [9.17, 15) is 0 Å². The van der Waals surface area contributed by atoms with Crippen LogP contribution in [0.1, 0.15) is 32.6 Å². The molecule has 13 heavy (non-hydrogen) atoms. The van der Waals surface area contributed by atoms with Gasteiger partial charge < -0.3 is 4.74 Å². The maximum absolute atomic E-state index is 5.56. The van der Waals surface area contributed by atoms with Crippen molar-refractivity contribution in [2.75, 3.05) is 0 Å². The van der Waals surface area contributed by atoms with Gasteiger partial charge in [0.15, 0.2) is 0 Å². The lowest BCUT2D eigenvalue weighted by Gasteiger charge is -2.22. The lowest BCUT2D eigenvalue weighted by atomic mass is 9.94. The number of rotatable bonds is 1. The van der Waals surface area contributed by atoms with Gasteiger partial charge in [-0.2, -0.15) is 0 Å². The number of allylic oxidation sites excluding steroid dienone is 3. The Hall–Kier alpha value is -0.980. The number of hydrogen-bond acceptors (Lipinski definition) is 1. The van der Waals surface area contributed by atoms with Crippen molar-refractivity contribution in [2.45, 2.75) is 38.7 Å². The molecule has 0 N–H and O–H groups in total. The second-order valence-electron chi connectivity index (χ2n) is 3.79. The zero-order chi connectivity index (χ0) is 9.10. The van der Waals surface area contributed by atoms with Gasteiger partial charge in [-0.25, -0.2) is 0 Å². The van der Waals surface area contributed by atoms with Crippen molar-refractivity contribution >= 4 is 0 Å². The lowest BCUT2D eigenvalue weighted by Crippen LogP contribution is -2.14. The van der Waals surface area contributed by atoms with Gasteiger partial charge in [-0.15, -0.1) is 0 Å². The van der Waals surface area contributed by atoms with E-state index in [0.29, 0.717) is 0 Å². The van der Waals surface area contributed by atoms with Crippen molar-refractivity contribution in [3.63, 3.8) is 0 Å². The predicted octanol–water partition coefficient (Wildman–Crippen LogP) is 3.35. The highest BCUT2D eigenvalue weighted by atomic mass is 16.5. The summed E-state index contributed by atoms with van der Waals surface area (Å²) in [4.78, 5) is 0. The average Bonchev–Trinajstić information content (AvgIpc) is 2.19. The lowest BCUT2D eigenvalue weighted by molar-refractivity contribution is 0.206. The molecule has 0 saturated heterocycles. The molecule has 0 amide bonds. The first-order valence-electron chi connectivity index (χ1n) is 5.05. The Labute approximate surface area is 79.8 Å². The van der Waals surface area contributed by atoms with Crippen LogP contribution in [0.2, 0.25) is 0 Å². The molecule has 1 aliphatic heterocycles. The molecule has 1 aliphatic carbocycles. The second kappa shape index (κ2) is 3.82. The highest BCUT2D eigenvalue weighted by Crippen LogP contribution is 2.25. The first kappa shape index (κ1) is 8.61. The number of ether oxygens (including phenoxy) is 1. The zero-order valence-electron chi connectivity index (χ0n) is 8.12. The van der Waals surface area contributed by atoms with Crippen LogP contribution in [0.5, 0.6) is 0 Å². The number of hydrogen-bond donors (Lipinski definition) is 0. The van der Waals surface area contributed by atoms with E-state index in [1.807, 2.05) is 12.3 Å². The molecule has 1 heteroatoms. The molecule has 0 bridgehead atoms. The topological polar surface area (TPSA) is 9.23 Å². The molecule has 1 unspecified atom stereocenters. The molecule has 0 aromatic rings. The first-order chi connectivity index (χ1) is 6.36. The van der Waals surface area contributed by atoms with Crippen molar-refractivity contribution in [3.8, 4) is 0 Å². The molecule has 0 saturated carbocycles. The Morgan fingerprint density at radius 1 is 1.38 bits per heavy atom. The highest BCUT2D eigenvalue weighted by molar-refractivity contribution is 5.27. The molecule has 1 atom stereocenters. The van der Waals surface area contributed by atoms with E-state index in [1.54, 1.807) is 0 Å². The van der Waals surface area contributed by atoms with Gasteiger partial charge in [0.25, 0.3) is 0 Å². The minimum atomic E-state index is 0.227. The molecule has 0 radical (unpaired) electrons. The van der Waals surface area contributed by atoms with Crippen LogP contribution in [0.3, 0.4) is 0 Å². The molecular weight excluding hydrogens is 160 g/mol. The largest absolute Gasteiger partial charge is 0.490 e. The summed E-state index contributed by atoms with van der Waals surface area (Å²) >= 11 is 0. The van der Waals surface area contributed by atoms with Crippen LogP contribution in [0, 0.1) is 0 Å². The standard InChI is InChI=1S/C12H16O/c1-10-7-8-13-12(9-10)11-5-3-2-4-6-11/h5,7-9,12H,2-4,6H2,1H3. The van der Waals surface area contributed by atoms with Crippen LogP contribution in [0.4, 0.5) is 0 Å². The van der Waals surface area contributed by atoms with Crippen LogP contribution in [0.15, 0.2) is 35.6 Å². The minimum Gasteiger partial charge on any atom is -0.490 e. The van der Waals surface area contributed by atoms with Gasteiger partial charge in [-0.3, -0.25) is 0 Å². The van der Waals surface area contributed by atoms with Gasteiger partial charge in [0.2, 0.25) is 0 Å². The van der Waals surface area contributed by atoms with Gasteiger partial charge in [-0.05, 0) is 55.9 Å². The molecular formula is C12H16O. The molecule has 0 aromatic carbocycles. The molecule has 1 nitrogen and oxygen atoms in total. The van der Waals surface area contributed by atoms with E-state index in [-0.39, 0.29) is 6.10 Å². The first-order valence-corrected chi connectivity index (χ1v) is 5.05. The SMILES string of the molecule is CC1=CC(C2=CCCCC2)OC=C1. The van der Waals surface area contributed by atoms with Crippen molar-refractivity contribution in [1.82, 2.24) is 0 Å². The van der Waals surface area contributed by atoms with Crippen LogP contribution < -0.4 is 0 Å². The minimum absolute atomic E-state index is 0.227. The summed E-state index contributed by atoms with van der Waals surface area (Å²) in [5.74, 6) is 0. The van der Waals surface area contributed by atoms with Crippen molar-refractivity contribution < 1.29 is 4.74 Å². The molecule has 0 fully saturated rings. The monoisotopic (exact) mass is 176 g/mol. The predicted molar refractivity (Wildman–Crippen MR) is 54.3 cm³/mol. The third-order valence-corrected chi connectivity index (χ3v) is 2.66. The third kappa shape index (κ3) is 2.03. The Morgan fingerprint density at radius 2 is 2.31 bits per heavy atom. The summed E-state index contributed by atoms with van der Waals surface area (Å²) in [6.07, 6.45) is 13.7. The summed E-state index contributed by atoms with van der Waals surface area (Å²) in [6.45, 7) is 2.12. The van der Waals surface area contributed by atoms with E-state index in [1.165, 1.54) is 36.8 Å². The molecule has 70 valence electrons. The summed E-state index contributed by atoms with van der Waals surface area (Å²) in [5, 5.41) is 0. The quantitative estimate of drug-likeness (QED) is 0.557. The normalized spacial score (nSPS) is 27.6. The molecule has 1 heterocycles. The summed E-state index contributed by atoms with van der Waals surface area (Å²) < 4.78 is 5.56. The van der Waals surface area contributed by atoms with E-state index in [4.69, 9.17) is 4.74 Å². The van der Waals surface area contributed by atoms with Gasteiger partial charge in [0, 0.05) is 0 Å². The van der Waals surface area contributed by atoms with E-state index < -0.39 is 0 Å².